The molecule has 0 radical (unpaired) electrons. The van der Waals surface area contributed by atoms with Gasteiger partial charge >= 0.3 is 6.09 Å². The van der Waals surface area contributed by atoms with Crippen LogP contribution in [0, 0.1) is 6.92 Å². The fourth-order valence-corrected chi connectivity index (χ4v) is 1.05. The minimum Gasteiger partial charge on any atom is -0.453 e. The van der Waals surface area contributed by atoms with Crippen LogP contribution in [0.1, 0.15) is 11.1 Å². The third-order valence-corrected chi connectivity index (χ3v) is 1.87. The van der Waals surface area contributed by atoms with Gasteiger partial charge in [0.15, 0.2) is 0 Å². The zero-order valence-electron chi connectivity index (χ0n) is 7.83. The second kappa shape index (κ2) is 4.50. The van der Waals surface area contributed by atoms with Crippen LogP contribution in [0.2, 0.25) is 0 Å². The number of benzene rings is 1. The number of nitrogens with one attached hydrogen (secondary N) is 1. The van der Waals surface area contributed by atoms with Gasteiger partial charge in [0.2, 0.25) is 0 Å². The number of methoxy groups -OCH3 is 1. The van der Waals surface area contributed by atoms with E-state index in [2.05, 4.69) is 10.1 Å². The molecule has 1 rings (SSSR count). The Bertz CT molecular complexity index is 297. The van der Waals surface area contributed by atoms with E-state index in [-0.39, 0.29) is 0 Å². The second-order valence-corrected chi connectivity index (χ2v) is 2.77. The summed E-state index contributed by atoms with van der Waals surface area (Å²) in [7, 11) is 1.35. The highest BCUT2D eigenvalue weighted by molar-refractivity contribution is 5.66. The third-order valence-electron chi connectivity index (χ3n) is 1.87. The molecule has 1 aromatic rings. The smallest absolute Gasteiger partial charge is 0.407 e. The molecule has 1 amide bonds. The van der Waals surface area contributed by atoms with Crippen molar-refractivity contribution in [1.29, 1.82) is 0 Å². The van der Waals surface area contributed by atoms with Gasteiger partial charge in [-0.15, -0.1) is 0 Å². The first-order valence-electron chi connectivity index (χ1n) is 4.10. The summed E-state index contributed by atoms with van der Waals surface area (Å²) in [5.41, 5.74) is 2.27. The Morgan fingerprint density at radius 2 is 2.15 bits per heavy atom. The van der Waals surface area contributed by atoms with E-state index in [1.54, 1.807) is 0 Å². The maximum atomic E-state index is 10.8. The van der Waals surface area contributed by atoms with Crippen molar-refractivity contribution in [1.82, 2.24) is 5.32 Å². The number of carbonyl (C=O) groups is 1. The topological polar surface area (TPSA) is 38.3 Å². The van der Waals surface area contributed by atoms with E-state index in [1.165, 1.54) is 12.7 Å². The van der Waals surface area contributed by atoms with Gasteiger partial charge in [0, 0.05) is 6.54 Å². The molecule has 0 aliphatic heterocycles. The molecule has 1 N–H and O–H groups in total. The van der Waals surface area contributed by atoms with E-state index in [0.717, 1.165) is 5.56 Å². The summed E-state index contributed by atoms with van der Waals surface area (Å²) in [6.45, 7) is 2.52. The van der Waals surface area contributed by atoms with Crippen molar-refractivity contribution in [3.05, 3.63) is 35.4 Å². The van der Waals surface area contributed by atoms with Gasteiger partial charge < -0.3 is 10.1 Å². The van der Waals surface area contributed by atoms with Crippen molar-refractivity contribution in [2.24, 2.45) is 0 Å². The van der Waals surface area contributed by atoms with Crippen LogP contribution in [0.5, 0.6) is 0 Å². The van der Waals surface area contributed by atoms with Gasteiger partial charge in [-0.1, -0.05) is 24.3 Å². The lowest BCUT2D eigenvalue weighted by Crippen LogP contribution is -2.22. The minimum atomic E-state index is -0.400. The van der Waals surface area contributed by atoms with E-state index in [0.29, 0.717) is 6.54 Å². The highest BCUT2D eigenvalue weighted by Gasteiger charge is 2.00. The van der Waals surface area contributed by atoms with Gasteiger partial charge in [-0.3, -0.25) is 0 Å². The number of hydrogen-bond donors (Lipinski definition) is 1. The van der Waals surface area contributed by atoms with Crippen molar-refractivity contribution in [2.75, 3.05) is 7.11 Å². The van der Waals surface area contributed by atoms with E-state index in [9.17, 15) is 4.79 Å². The van der Waals surface area contributed by atoms with E-state index in [1.807, 2.05) is 31.2 Å². The van der Waals surface area contributed by atoms with E-state index in [4.69, 9.17) is 0 Å². The number of rotatable bonds is 2. The maximum Gasteiger partial charge on any atom is 0.407 e. The largest absolute Gasteiger partial charge is 0.453 e. The van der Waals surface area contributed by atoms with E-state index >= 15 is 0 Å². The van der Waals surface area contributed by atoms with Crippen LogP contribution in [0.3, 0.4) is 0 Å². The summed E-state index contributed by atoms with van der Waals surface area (Å²) >= 11 is 0. The fourth-order valence-electron chi connectivity index (χ4n) is 1.05. The molecule has 0 bridgehead atoms. The monoisotopic (exact) mass is 179 g/mol. The predicted molar refractivity (Wildman–Crippen MR) is 50.4 cm³/mol. The molecule has 1 aromatic carbocycles. The van der Waals surface area contributed by atoms with Crippen molar-refractivity contribution in [3.63, 3.8) is 0 Å². The Labute approximate surface area is 77.7 Å². The van der Waals surface area contributed by atoms with Crippen molar-refractivity contribution in [2.45, 2.75) is 13.5 Å². The summed E-state index contributed by atoms with van der Waals surface area (Å²) in [6.07, 6.45) is -0.400. The molecule has 0 aliphatic rings. The third kappa shape index (κ3) is 2.78. The van der Waals surface area contributed by atoms with Crippen molar-refractivity contribution in [3.8, 4) is 0 Å². The van der Waals surface area contributed by atoms with Crippen LogP contribution in [-0.4, -0.2) is 13.2 Å². The molecule has 0 aliphatic carbocycles. The Morgan fingerprint density at radius 3 is 2.77 bits per heavy atom. The fraction of sp³-hybridized carbons (Fsp3) is 0.300. The number of amides is 1. The molecule has 3 nitrogen and oxygen atoms in total. The number of carbonyl (C=O) groups excluding carboxylic acids is 1. The molecule has 0 saturated carbocycles. The van der Waals surface area contributed by atoms with Crippen molar-refractivity contribution < 1.29 is 9.53 Å². The first kappa shape index (κ1) is 9.58. The quantitative estimate of drug-likeness (QED) is 0.752. The zero-order chi connectivity index (χ0) is 9.68. The highest BCUT2D eigenvalue weighted by atomic mass is 16.5. The Balaban J connectivity index is 2.54. The van der Waals surface area contributed by atoms with Gasteiger partial charge in [-0.25, -0.2) is 4.79 Å². The molecular weight excluding hydrogens is 166 g/mol. The number of hydrogen-bond acceptors (Lipinski definition) is 2. The summed E-state index contributed by atoms with van der Waals surface area (Å²) < 4.78 is 4.46. The Kier molecular flexibility index (Phi) is 3.31. The van der Waals surface area contributed by atoms with Crippen LogP contribution in [0.15, 0.2) is 24.3 Å². The molecular formula is C10H13NO2. The number of aryl methyl sites for hydroxylation is 1. The maximum absolute atomic E-state index is 10.8. The van der Waals surface area contributed by atoms with Crippen LogP contribution in [-0.2, 0) is 11.3 Å². The van der Waals surface area contributed by atoms with Gasteiger partial charge in [0.25, 0.3) is 0 Å². The van der Waals surface area contributed by atoms with Crippen LogP contribution in [0.4, 0.5) is 4.79 Å². The Morgan fingerprint density at radius 1 is 1.46 bits per heavy atom. The zero-order valence-corrected chi connectivity index (χ0v) is 7.83. The Hall–Kier alpha value is -1.51. The average molecular weight is 179 g/mol. The number of ether oxygens (including phenoxy) is 1. The van der Waals surface area contributed by atoms with E-state index < -0.39 is 6.09 Å². The molecule has 0 saturated heterocycles. The minimum absolute atomic E-state index is 0.400. The standard InChI is InChI=1S/C10H13NO2/c1-8-5-3-4-6-9(8)7-11-10(12)13-2/h3-6H,7H2,1-2H3,(H,11,12). The van der Waals surface area contributed by atoms with Crippen molar-refractivity contribution >= 4 is 6.09 Å². The first-order chi connectivity index (χ1) is 6.24. The van der Waals surface area contributed by atoms with Gasteiger partial charge in [0.1, 0.15) is 0 Å². The lowest BCUT2D eigenvalue weighted by Gasteiger charge is -2.05. The molecule has 0 aromatic heterocycles. The highest BCUT2D eigenvalue weighted by Crippen LogP contribution is 2.05. The molecule has 0 fully saturated rings. The van der Waals surface area contributed by atoms with Gasteiger partial charge in [-0.2, -0.15) is 0 Å². The van der Waals surface area contributed by atoms with Gasteiger partial charge in [-0.05, 0) is 18.1 Å². The molecule has 0 spiro atoms. The predicted octanol–water partition coefficient (Wildman–Crippen LogP) is 1.85. The first-order valence-corrected chi connectivity index (χ1v) is 4.10. The summed E-state index contributed by atoms with van der Waals surface area (Å²) in [5, 5.41) is 2.63. The summed E-state index contributed by atoms with van der Waals surface area (Å²) in [5.74, 6) is 0. The van der Waals surface area contributed by atoms with Gasteiger partial charge in [0.05, 0.1) is 7.11 Å². The average Bonchev–Trinajstić information content (AvgIpc) is 2.16. The number of alkyl carbamates (subject to hydrolysis) is 1. The lowest BCUT2D eigenvalue weighted by molar-refractivity contribution is 0.170. The summed E-state index contributed by atoms with van der Waals surface area (Å²) in [6, 6.07) is 7.90. The molecule has 3 heteroatoms. The summed E-state index contributed by atoms with van der Waals surface area (Å²) in [4.78, 5) is 10.8. The molecule has 0 heterocycles. The van der Waals surface area contributed by atoms with Crippen LogP contribution in [0.25, 0.3) is 0 Å². The molecule has 0 unspecified atom stereocenters. The molecule has 70 valence electrons. The second-order valence-electron chi connectivity index (χ2n) is 2.77. The molecule has 13 heavy (non-hydrogen) atoms. The lowest BCUT2D eigenvalue weighted by atomic mass is 10.1. The van der Waals surface area contributed by atoms with Crippen LogP contribution < -0.4 is 5.32 Å². The van der Waals surface area contributed by atoms with Crippen LogP contribution >= 0.6 is 0 Å². The molecule has 0 atom stereocenters. The normalized spacial score (nSPS) is 9.38. The SMILES string of the molecule is COC(=O)NCc1ccccc1C.